The fourth-order valence-electron chi connectivity index (χ4n) is 2.19. The van der Waals surface area contributed by atoms with Gasteiger partial charge in [-0.05, 0) is 25.8 Å². The van der Waals surface area contributed by atoms with Gasteiger partial charge < -0.3 is 15.2 Å². The Morgan fingerprint density at radius 2 is 2.32 bits per heavy atom. The number of imidazole rings is 1. The van der Waals surface area contributed by atoms with Gasteiger partial charge in [0.25, 0.3) is 5.91 Å². The van der Waals surface area contributed by atoms with Crippen LogP contribution in [0.1, 0.15) is 36.3 Å². The van der Waals surface area contributed by atoms with Gasteiger partial charge in [-0.25, -0.2) is 4.98 Å². The van der Waals surface area contributed by atoms with Gasteiger partial charge in [-0.15, -0.1) is 24.8 Å². The molecule has 1 unspecified atom stereocenters. The van der Waals surface area contributed by atoms with E-state index >= 15 is 0 Å². The van der Waals surface area contributed by atoms with Gasteiger partial charge in [0.2, 0.25) is 0 Å². The average Bonchev–Trinajstić information content (AvgIpc) is 2.77. The maximum atomic E-state index is 11.8. The zero-order valence-electron chi connectivity index (χ0n) is 11.1. The molecule has 0 radical (unpaired) electrons. The predicted molar refractivity (Wildman–Crippen MR) is 80.3 cm³/mol. The van der Waals surface area contributed by atoms with Gasteiger partial charge in [-0.2, -0.15) is 0 Å². The number of carbonyl (C=O) groups is 1. The number of amides is 1. The van der Waals surface area contributed by atoms with Crippen molar-refractivity contribution >= 4 is 30.7 Å². The number of hydrogen-bond acceptors (Lipinski definition) is 3. The number of rotatable bonds is 4. The summed E-state index contributed by atoms with van der Waals surface area (Å²) >= 11 is 0. The molecule has 2 heterocycles. The van der Waals surface area contributed by atoms with Crippen molar-refractivity contribution in [1.82, 2.24) is 20.2 Å². The molecule has 1 saturated heterocycles. The van der Waals surface area contributed by atoms with E-state index in [1.807, 2.05) is 7.05 Å². The summed E-state index contributed by atoms with van der Waals surface area (Å²) < 4.78 is 1.73. The zero-order valence-corrected chi connectivity index (χ0v) is 12.7. The minimum Gasteiger partial charge on any atom is -0.349 e. The van der Waals surface area contributed by atoms with Gasteiger partial charge in [-0.3, -0.25) is 4.79 Å². The van der Waals surface area contributed by atoms with E-state index in [4.69, 9.17) is 0 Å². The first kappa shape index (κ1) is 18.2. The standard InChI is InChI=1S/C12H20N4O.2ClH/c1-16-9-8-14-11(16)12(17)15-7-5-10-4-2-3-6-13-10;;/h8-10,13H,2-7H2,1H3,(H,15,17);2*1H. The molecule has 19 heavy (non-hydrogen) atoms. The minimum absolute atomic E-state index is 0. The summed E-state index contributed by atoms with van der Waals surface area (Å²) in [5.41, 5.74) is 0. The fraction of sp³-hybridized carbons (Fsp3) is 0.667. The molecule has 1 fully saturated rings. The highest BCUT2D eigenvalue weighted by molar-refractivity contribution is 5.90. The molecule has 1 amide bonds. The number of nitrogens with zero attached hydrogens (tertiary/aromatic N) is 2. The van der Waals surface area contributed by atoms with Crippen LogP contribution in [0.25, 0.3) is 0 Å². The van der Waals surface area contributed by atoms with E-state index in [0.717, 1.165) is 13.0 Å². The Morgan fingerprint density at radius 1 is 1.53 bits per heavy atom. The first-order valence-corrected chi connectivity index (χ1v) is 6.26. The Balaban J connectivity index is 0.00000162. The van der Waals surface area contributed by atoms with E-state index < -0.39 is 0 Å². The first-order valence-electron chi connectivity index (χ1n) is 6.26. The largest absolute Gasteiger partial charge is 0.349 e. The third-order valence-corrected chi connectivity index (χ3v) is 3.22. The molecule has 2 N–H and O–H groups in total. The summed E-state index contributed by atoms with van der Waals surface area (Å²) in [4.78, 5) is 15.8. The van der Waals surface area contributed by atoms with Crippen molar-refractivity contribution in [2.24, 2.45) is 7.05 Å². The van der Waals surface area contributed by atoms with Crippen LogP contribution in [0, 0.1) is 0 Å². The second kappa shape index (κ2) is 9.18. The summed E-state index contributed by atoms with van der Waals surface area (Å²) in [6, 6.07) is 0.561. The Morgan fingerprint density at radius 3 is 2.89 bits per heavy atom. The van der Waals surface area contributed by atoms with Crippen LogP contribution in [0.3, 0.4) is 0 Å². The summed E-state index contributed by atoms with van der Waals surface area (Å²) in [5.74, 6) is 0.384. The topological polar surface area (TPSA) is 59.0 Å². The van der Waals surface area contributed by atoms with Crippen molar-refractivity contribution in [3.05, 3.63) is 18.2 Å². The molecular weight excluding hydrogens is 287 g/mol. The Bertz CT molecular complexity index is 378. The van der Waals surface area contributed by atoms with Crippen LogP contribution >= 0.6 is 24.8 Å². The van der Waals surface area contributed by atoms with Crippen LogP contribution < -0.4 is 10.6 Å². The van der Waals surface area contributed by atoms with E-state index in [0.29, 0.717) is 18.4 Å². The lowest BCUT2D eigenvalue weighted by molar-refractivity contribution is 0.0938. The van der Waals surface area contributed by atoms with Gasteiger partial charge in [0, 0.05) is 32.0 Å². The molecule has 0 spiro atoms. The van der Waals surface area contributed by atoms with E-state index in [2.05, 4.69) is 15.6 Å². The third kappa shape index (κ3) is 5.38. The van der Waals surface area contributed by atoms with Gasteiger partial charge in [0.05, 0.1) is 0 Å². The highest BCUT2D eigenvalue weighted by Gasteiger charge is 2.14. The number of hydrogen-bond donors (Lipinski definition) is 2. The molecule has 1 atom stereocenters. The molecule has 0 bridgehead atoms. The van der Waals surface area contributed by atoms with Gasteiger partial charge in [-0.1, -0.05) is 6.42 Å². The van der Waals surface area contributed by atoms with Crippen molar-refractivity contribution in [3.63, 3.8) is 0 Å². The van der Waals surface area contributed by atoms with Gasteiger partial charge in [0.1, 0.15) is 0 Å². The summed E-state index contributed by atoms with van der Waals surface area (Å²) in [5, 5.41) is 6.38. The molecular formula is C12H22Cl2N4O. The second-order valence-electron chi connectivity index (χ2n) is 4.55. The Hall–Kier alpha value is -0.780. The number of aromatic nitrogens is 2. The number of aryl methyl sites for hydroxylation is 1. The Kier molecular flexibility index (Phi) is 8.80. The fourth-order valence-corrected chi connectivity index (χ4v) is 2.19. The molecule has 5 nitrogen and oxygen atoms in total. The zero-order chi connectivity index (χ0) is 12.1. The van der Waals surface area contributed by atoms with Crippen LogP contribution in [0.2, 0.25) is 0 Å². The number of piperidine rings is 1. The lowest BCUT2D eigenvalue weighted by Crippen LogP contribution is -2.37. The van der Waals surface area contributed by atoms with Crippen LogP contribution in [-0.4, -0.2) is 34.6 Å². The van der Waals surface area contributed by atoms with Crippen LogP contribution in [-0.2, 0) is 7.05 Å². The Labute approximate surface area is 126 Å². The maximum absolute atomic E-state index is 11.8. The highest BCUT2D eigenvalue weighted by Crippen LogP contribution is 2.09. The predicted octanol–water partition coefficient (Wildman–Crippen LogP) is 1.53. The monoisotopic (exact) mass is 308 g/mol. The molecule has 7 heteroatoms. The van der Waals surface area contributed by atoms with E-state index in [1.165, 1.54) is 19.3 Å². The lowest BCUT2D eigenvalue weighted by Gasteiger charge is -2.23. The van der Waals surface area contributed by atoms with Crippen molar-refractivity contribution in [2.45, 2.75) is 31.7 Å². The molecule has 0 saturated carbocycles. The van der Waals surface area contributed by atoms with E-state index in [1.54, 1.807) is 17.0 Å². The van der Waals surface area contributed by atoms with E-state index in [-0.39, 0.29) is 30.7 Å². The van der Waals surface area contributed by atoms with Crippen molar-refractivity contribution in [2.75, 3.05) is 13.1 Å². The molecule has 1 aliphatic heterocycles. The van der Waals surface area contributed by atoms with Crippen LogP contribution in [0.15, 0.2) is 12.4 Å². The first-order chi connectivity index (χ1) is 8.27. The van der Waals surface area contributed by atoms with Crippen LogP contribution in [0.4, 0.5) is 0 Å². The number of halogens is 2. The normalized spacial score (nSPS) is 18.1. The minimum atomic E-state index is -0.0895. The third-order valence-electron chi connectivity index (χ3n) is 3.22. The van der Waals surface area contributed by atoms with Crippen molar-refractivity contribution < 1.29 is 4.79 Å². The molecule has 1 aromatic heterocycles. The molecule has 0 aromatic carbocycles. The molecule has 2 rings (SSSR count). The smallest absolute Gasteiger partial charge is 0.287 e. The molecule has 0 aliphatic carbocycles. The number of nitrogens with one attached hydrogen (secondary N) is 2. The van der Waals surface area contributed by atoms with Gasteiger partial charge in [0.15, 0.2) is 5.82 Å². The molecule has 110 valence electrons. The maximum Gasteiger partial charge on any atom is 0.287 e. The highest BCUT2D eigenvalue weighted by atomic mass is 35.5. The van der Waals surface area contributed by atoms with Gasteiger partial charge >= 0.3 is 0 Å². The van der Waals surface area contributed by atoms with Crippen LogP contribution in [0.5, 0.6) is 0 Å². The molecule has 1 aliphatic rings. The second-order valence-corrected chi connectivity index (χ2v) is 4.55. The van der Waals surface area contributed by atoms with Crippen molar-refractivity contribution in [1.29, 1.82) is 0 Å². The summed E-state index contributed by atoms with van der Waals surface area (Å²) in [6.07, 6.45) is 8.20. The summed E-state index contributed by atoms with van der Waals surface area (Å²) in [6.45, 7) is 1.82. The lowest BCUT2D eigenvalue weighted by atomic mass is 10.0. The van der Waals surface area contributed by atoms with Crippen molar-refractivity contribution in [3.8, 4) is 0 Å². The summed E-state index contributed by atoms with van der Waals surface area (Å²) in [7, 11) is 1.82. The number of carbonyl (C=O) groups excluding carboxylic acids is 1. The SMILES string of the molecule is Cl.Cl.Cn1ccnc1C(=O)NCCC1CCCCN1. The quantitative estimate of drug-likeness (QED) is 0.887. The average molecular weight is 309 g/mol. The molecule has 1 aromatic rings. The van der Waals surface area contributed by atoms with E-state index in [9.17, 15) is 4.79 Å².